The Balaban J connectivity index is 1.80. The predicted octanol–water partition coefficient (Wildman–Crippen LogP) is -0.294. The van der Waals surface area contributed by atoms with Gasteiger partial charge in [-0.3, -0.25) is 4.90 Å². The number of sulfonamides is 1. The maximum Gasteiger partial charge on any atom is 0.214 e. The highest BCUT2D eigenvalue weighted by Crippen LogP contribution is 2.18. The number of aliphatic hydroxyl groups excluding tert-OH is 1. The quantitative estimate of drug-likeness (QED) is 0.704. The second-order valence-corrected chi connectivity index (χ2v) is 8.20. The fourth-order valence-corrected chi connectivity index (χ4v) is 4.86. The Kier molecular flexibility index (Phi) is 6.88. The molecule has 0 unspecified atom stereocenters. The summed E-state index contributed by atoms with van der Waals surface area (Å²) in [6, 6.07) is 0. The number of aliphatic hydroxyl groups is 1. The SMILES string of the molecule is O=S(=O)(CCC1CCNCC1)N1CCCN(CCO)CC1. The lowest BCUT2D eigenvalue weighted by atomic mass is 9.96. The smallest absolute Gasteiger partial charge is 0.214 e. The molecule has 2 N–H and O–H groups in total. The van der Waals surface area contributed by atoms with Crippen LogP contribution in [0, 0.1) is 5.92 Å². The summed E-state index contributed by atoms with van der Waals surface area (Å²) >= 11 is 0. The van der Waals surface area contributed by atoms with Crippen molar-refractivity contribution in [1.29, 1.82) is 0 Å². The molecular formula is C14H29N3O3S. The van der Waals surface area contributed by atoms with Gasteiger partial charge in [-0.1, -0.05) is 0 Å². The van der Waals surface area contributed by atoms with Crippen LogP contribution < -0.4 is 5.32 Å². The molecule has 0 saturated carbocycles. The number of hydrogen-bond donors (Lipinski definition) is 2. The summed E-state index contributed by atoms with van der Waals surface area (Å²) in [7, 11) is -3.12. The normalized spacial score (nSPS) is 24.0. The van der Waals surface area contributed by atoms with Crippen molar-refractivity contribution >= 4 is 10.0 Å². The molecule has 6 nitrogen and oxygen atoms in total. The first-order valence-electron chi connectivity index (χ1n) is 8.13. The summed E-state index contributed by atoms with van der Waals surface area (Å²) in [5.74, 6) is 0.844. The minimum atomic E-state index is -3.12. The van der Waals surface area contributed by atoms with Gasteiger partial charge < -0.3 is 10.4 Å². The van der Waals surface area contributed by atoms with Gasteiger partial charge in [0.2, 0.25) is 10.0 Å². The summed E-state index contributed by atoms with van der Waals surface area (Å²) in [6.45, 7) is 5.61. The van der Waals surface area contributed by atoms with Gasteiger partial charge in [-0.25, -0.2) is 12.7 Å². The third-order valence-electron chi connectivity index (χ3n) is 4.60. The number of β-amino-alcohol motifs (C(OH)–C–C–N with tert-alkyl or cyclic N) is 1. The highest BCUT2D eigenvalue weighted by Gasteiger charge is 2.26. The Bertz CT molecular complexity index is 396. The van der Waals surface area contributed by atoms with Crippen molar-refractivity contribution in [1.82, 2.24) is 14.5 Å². The van der Waals surface area contributed by atoms with E-state index >= 15 is 0 Å². The van der Waals surface area contributed by atoms with E-state index in [9.17, 15) is 8.42 Å². The van der Waals surface area contributed by atoms with Crippen molar-refractivity contribution in [2.75, 3.05) is 58.2 Å². The lowest BCUT2D eigenvalue weighted by Gasteiger charge is -2.25. The summed E-state index contributed by atoms with van der Waals surface area (Å²) in [4.78, 5) is 2.14. The Morgan fingerprint density at radius 3 is 2.57 bits per heavy atom. The number of nitrogens with one attached hydrogen (secondary N) is 1. The number of piperidine rings is 1. The second kappa shape index (κ2) is 8.43. The minimum Gasteiger partial charge on any atom is -0.395 e. The van der Waals surface area contributed by atoms with Crippen LogP contribution in [0.3, 0.4) is 0 Å². The maximum atomic E-state index is 12.5. The van der Waals surface area contributed by atoms with Crippen LogP contribution in [-0.2, 0) is 10.0 Å². The predicted molar refractivity (Wildman–Crippen MR) is 83.7 cm³/mol. The lowest BCUT2D eigenvalue weighted by molar-refractivity contribution is 0.202. The third-order valence-corrected chi connectivity index (χ3v) is 6.50. The van der Waals surface area contributed by atoms with Gasteiger partial charge >= 0.3 is 0 Å². The molecule has 2 saturated heterocycles. The number of nitrogens with zero attached hydrogens (tertiary/aromatic N) is 2. The first-order valence-corrected chi connectivity index (χ1v) is 9.74. The monoisotopic (exact) mass is 319 g/mol. The summed E-state index contributed by atoms with van der Waals surface area (Å²) in [5.41, 5.74) is 0. The van der Waals surface area contributed by atoms with Crippen LogP contribution in [0.5, 0.6) is 0 Å². The van der Waals surface area contributed by atoms with Crippen LogP contribution in [0.15, 0.2) is 0 Å². The van der Waals surface area contributed by atoms with Crippen LogP contribution in [0.1, 0.15) is 25.7 Å². The molecule has 2 aliphatic rings. The molecular weight excluding hydrogens is 290 g/mol. The minimum absolute atomic E-state index is 0.141. The van der Waals surface area contributed by atoms with Crippen LogP contribution in [0.4, 0.5) is 0 Å². The molecule has 0 spiro atoms. The topological polar surface area (TPSA) is 72.9 Å². The standard InChI is InChI=1S/C14H29N3O3S/c18-12-11-16-7-1-8-17(10-9-16)21(19,20)13-4-14-2-5-15-6-3-14/h14-15,18H,1-13H2. The number of rotatable bonds is 6. The van der Waals surface area contributed by atoms with Gasteiger partial charge in [0.15, 0.2) is 0 Å². The van der Waals surface area contributed by atoms with Crippen molar-refractivity contribution in [2.45, 2.75) is 25.7 Å². The highest BCUT2D eigenvalue weighted by atomic mass is 32.2. The molecule has 2 fully saturated rings. The van der Waals surface area contributed by atoms with Crippen LogP contribution in [0.2, 0.25) is 0 Å². The van der Waals surface area contributed by atoms with Crippen molar-refractivity contribution in [3.8, 4) is 0 Å². The highest BCUT2D eigenvalue weighted by molar-refractivity contribution is 7.89. The number of hydrogen-bond acceptors (Lipinski definition) is 5. The van der Waals surface area contributed by atoms with E-state index in [0.29, 0.717) is 25.6 Å². The molecule has 0 bridgehead atoms. The Morgan fingerprint density at radius 1 is 1.10 bits per heavy atom. The van der Waals surface area contributed by atoms with Gasteiger partial charge in [0.05, 0.1) is 12.4 Å². The zero-order valence-corrected chi connectivity index (χ0v) is 13.7. The van der Waals surface area contributed by atoms with E-state index in [1.54, 1.807) is 4.31 Å². The van der Waals surface area contributed by atoms with E-state index in [1.807, 2.05) is 0 Å². The summed E-state index contributed by atoms with van der Waals surface area (Å²) < 4.78 is 26.6. The molecule has 21 heavy (non-hydrogen) atoms. The summed E-state index contributed by atoms with van der Waals surface area (Å²) in [5, 5.41) is 12.3. The average Bonchev–Trinajstić information content (AvgIpc) is 2.73. The van der Waals surface area contributed by atoms with Crippen molar-refractivity contribution < 1.29 is 13.5 Å². The fourth-order valence-electron chi connectivity index (χ4n) is 3.21. The Hall–Kier alpha value is -0.210. The molecule has 0 radical (unpaired) electrons. The zero-order chi connectivity index (χ0) is 15.1. The van der Waals surface area contributed by atoms with Gasteiger partial charge in [-0.2, -0.15) is 0 Å². The van der Waals surface area contributed by atoms with Crippen LogP contribution in [-0.4, -0.2) is 80.9 Å². The van der Waals surface area contributed by atoms with Gasteiger partial charge in [0, 0.05) is 26.2 Å². The first kappa shape index (κ1) is 17.1. The molecule has 124 valence electrons. The third kappa shape index (κ3) is 5.49. The Morgan fingerprint density at radius 2 is 1.86 bits per heavy atom. The molecule has 0 aromatic carbocycles. The molecule has 2 rings (SSSR count). The zero-order valence-electron chi connectivity index (χ0n) is 12.8. The van der Waals surface area contributed by atoms with Crippen LogP contribution >= 0.6 is 0 Å². The fraction of sp³-hybridized carbons (Fsp3) is 1.00. The van der Waals surface area contributed by atoms with E-state index in [1.165, 1.54) is 0 Å². The van der Waals surface area contributed by atoms with Gasteiger partial charge in [-0.05, 0) is 51.2 Å². The molecule has 2 heterocycles. The molecule has 0 aliphatic carbocycles. The molecule has 0 amide bonds. The molecule has 2 aliphatic heterocycles. The lowest BCUT2D eigenvalue weighted by Crippen LogP contribution is -2.38. The van der Waals surface area contributed by atoms with Crippen molar-refractivity contribution in [3.63, 3.8) is 0 Å². The van der Waals surface area contributed by atoms with E-state index < -0.39 is 10.0 Å². The van der Waals surface area contributed by atoms with Gasteiger partial charge in [0.1, 0.15) is 0 Å². The van der Waals surface area contributed by atoms with Gasteiger partial charge in [0.25, 0.3) is 0 Å². The van der Waals surface area contributed by atoms with Crippen LogP contribution in [0.25, 0.3) is 0 Å². The van der Waals surface area contributed by atoms with E-state index in [-0.39, 0.29) is 12.4 Å². The van der Waals surface area contributed by atoms with E-state index in [4.69, 9.17) is 5.11 Å². The molecule has 0 aromatic heterocycles. The average molecular weight is 319 g/mol. The van der Waals surface area contributed by atoms with E-state index in [0.717, 1.165) is 51.9 Å². The molecule has 0 aromatic rings. The second-order valence-electron chi connectivity index (χ2n) is 6.12. The molecule has 7 heteroatoms. The van der Waals surface area contributed by atoms with E-state index in [2.05, 4.69) is 10.2 Å². The van der Waals surface area contributed by atoms with Gasteiger partial charge in [-0.15, -0.1) is 0 Å². The maximum absolute atomic E-state index is 12.5. The summed E-state index contributed by atoms with van der Waals surface area (Å²) in [6.07, 6.45) is 3.84. The molecule has 0 atom stereocenters. The van der Waals surface area contributed by atoms with Crippen molar-refractivity contribution in [2.24, 2.45) is 5.92 Å². The Labute approximate surface area is 128 Å². The van der Waals surface area contributed by atoms with Crippen molar-refractivity contribution in [3.05, 3.63) is 0 Å². The largest absolute Gasteiger partial charge is 0.395 e. The first-order chi connectivity index (χ1) is 10.1.